The molecule has 0 aliphatic rings. The zero-order valence-corrected chi connectivity index (χ0v) is 13.2. The average molecular weight is 333 g/mol. The second kappa shape index (κ2) is 6.73. The number of hydrogen-bond acceptors (Lipinski definition) is 2. The van der Waals surface area contributed by atoms with E-state index in [2.05, 4.69) is 53.7 Å². The standard InChI is InChI=1S/C17H17BrO2/c1-12-4-6-14(7-5-12)16-9-8-15(20-11-19-3)10-17(16)13(2)18/h4-10H,2,11H2,1,3H3. The first-order valence-corrected chi connectivity index (χ1v) is 7.08. The molecule has 0 radical (unpaired) electrons. The van der Waals surface area contributed by atoms with Crippen LogP contribution in [0.5, 0.6) is 5.75 Å². The summed E-state index contributed by atoms with van der Waals surface area (Å²) in [6.45, 7) is 6.29. The number of hydrogen-bond donors (Lipinski definition) is 0. The minimum absolute atomic E-state index is 0.234. The molecule has 0 aliphatic heterocycles. The van der Waals surface area contributed by atoms with Crippen LogP contribution in [0.3, 0.4) is 0 Å². The van der Waals surface area contributed by atoms with Crippen molar-refractivity contribution in [3.8, 4) is 16.9 Å². The molecular formula is C17H17BrO2. The van der Waals surface area contributed by atoms with Crippen LogP contribution in [0.1, 0.15) is 11.1 Å². The smallest absolute Gasteiger partial charge is 0.188 e. The molecule has 0 N–H and O–H groups in total. The van der Waals surface area contributed by atoms with Gasteiger partial charge in [-0.3, -0.25) is 0 Å². The van der Waals surface area contributed by atoms with Crippen LogP contribution in [0.15, 0.2) is 49.0 Å². The fourth-order valence-corrected chi connectivity index (χ4v) is 2.28. The molecule has 0 bridgehead atoms. The molecule has 0 atom stereocenters. The van der Waals surface area contributed by atoms with Crippen molar-refractivity contribution in [1.82, 2.24) is 0 Å². The molecule has 0 amide bonds. The highest BCUT2D eigenvalue weighted by Crippen LogP contribution is 2.34. The van der Waals surface area contributed by atoms with E-state index >= 15 is 0 Å². The molecular weight excluding hydrogens is 316 g/mol. The van der Waals surface area contributed by atoms with Crippen molar-refractivity contribution in [3.05, 3.63) is 60.2 Å². The SMILES string of the molecule is C=C(Br)c1cc(OCOC)ccc1-c1ccc(C)cc1. The van der Waals surface area contributed by atoms with Gasteiger partial charge in [-0.15, -0.1) is 0 Å². The summed E-state index contributed by atoms with van der Waals surface area (Å²) in [4.78, 5) is 0. The highest BCUT2D eigenvalue weighted by atomic mass is 79.9. The molecule has 2 aromatic carbocycles. The third-order valence-electron chi connectivity index (χ3n) is 2.99. The van der Waals surface area contributed by atoms with Gasteiger partial charge in [0.15, 0.2) is 6.79 Å². The van der Waals surface area contributed by atoms with Gasteiger partial charge in [0, 0.05) is 11.6 Å². The fourth-order valence-electron chi connectivity index (χ4n) is 1.95. The first kappa shape index (κ1) is 14.8. The molecule has 0 aromatic heterocycles. The van der Waals surface area contributed by atoms with Gasteiger partial charge in [0.25, 0.3) is 0 Å². The highest BCUT2D eigenvalue weighted by Gasteiger charge is 2.08. The molecule has 0 saturated heterocycles. The van der Waals surface area contributed by atoms with Gasteiger partial charge in [0.2, 0.25) is 0 Å². The number of rotatable bonds is 5. The van der Waals surface area contributed by atoms with Crippen LogP contribution in [0, 0.1) is 6.92 Å². The Balaban J connectivity index is 2.42. The van der Waals surface area contributed by atoms with Gasteiger partial charge in [-0.1, -0.05) is 58.4 Å². The number of benzene rings is 2. The third-order valence-corrected chi connectivity index (χ3v) is 3.42. The van der Waals surface area contributed by atoms with E-state index in [1.807, 2.05) is 18.2 Å². The van der Waals surface area contributed by atoms with Crippen LogP contribution in [0.4, 0.5) is 0 Å². The Morgan fingerprint density at radius 1 is 1.15 bits per heavy atom. The fraction of sp³-hybridized carbons (Fsp3) is 0.176. The molecule has 3 heteroatoms. The number of methoxy groups -OCH3 is 1. The van der Waals surface area contributed by atoms with Crippen LogP contribution >= 0.6 is 15.9 Å². The van der Waals surface area contributed by atoms with Crippen molar-refractivity contribution in [3.63, 3.8) is 0 Å². The summed E-state index contributed by atoms with van der Waals surface area (Å²) in [5, 5.41) is 0. The van der Waals surface area contributed by atoms with E-state index in [0.717, 1.165) is 26.9 Å². The number of aryl methyl sites for hydroxylation is 1. The Morgan fingerprint density at radius 2 is 1.85 bits per heavy atom. The predicted octanol–water partition coefficient (Wildman–Crippen LogP) is 5.01. The maximum absolute atomic E-state index is 5.47. The average Bonchev–Trinajstić information content (AvgIpc) is 2.45. The number of ether oxygens (including phenoxy) is 2. The summed E-state index contributed by atoms with van der Waals surface area (Å²) in [5.41, 5.74) is 4.54. The Kier molecular flexibility index (Phi) is 4.99. The molecule has 2 rings (SSSR count). The largest absolute Gasteiger partial charge is 0.468 e. The van der Waals surface area contributed by atoms with Gasteiger partial charge in [0.05, 0.1) is 0 Å². The van der Waals surface area contributed by atoms with Gasteiger partial charge in [-0.25, -0.2) is 0 Å². The maximum Gasteiger partial charge on any atom is 0.188 e. The molecule has 0 saturated carbocycles. The Morgan fingerprint density at radius 3 is 2.45 bits per heavy atom. The number of halogens is 1. The minimum Gasteiger partial charge on any atom is -0.468 e. The lowest BCUT2D eigenvalue weighted by atomic mass is 9.98. The van der Waals surface area contributed by atoms with E-state index in [-0.39, 0.29) is 6.79 Å². The van der Waals surface area contributed by atoms with E-state index in [0.29, 0.717) is 0 Å². The van der Waals surface area contributed by atoms with Crippen LogP contribution in [-0.2, 0) is 4.74 Å². The summed E-state index contributed by atoms with van der Waals surface area (Å²) in [5.74, 6) is 0.762. The topological polar surface area (TPSA) is 18.5 Å². The zero-order valence-electron chi connectivity index (χ0n) is 11.7. The molecule has 104 valence electrons. The Hall–Kier alpha value is -1.58. The first-order valence-electron chi connectivity index (χ1n) is 6.29. The molecule has 0 unspecified atom stereocenters. The molecule has 2 nitrogen and oxygen atoms in total. The maximum atomic E-state index is 5.47. The van der Waals surface area contributed by atoms with Gasteiger partial charge in [0.1, 0.15) is 5.75 Å². The van der Waals surface area contributed by atoms with E-state index in [1.165, 1.54) is 5.56 Å². The van der Waals surface area contributed by atoms with Crippen molar-refractivity contribution >= 4 is 20.4 Å². The summed E-state index contributed by atoms with van der Waals surface area (Å²) in [6.07, 6.45) is 0. The Labute approximate surface area is 128 Å². The molecule has 0 heterocycles. The van der Waals surface area contributed by atoms with Crippen LogP contribution in [0.2, 0.25) is 0 Å². The minimum atomic E-state index is 0.234. The van der Waals surface area contributed by atoms with Crippen LogP contribution in [-0.4, -0.2) is 13.9 Å². The lowest BCUT2D eigenvalue weighted by Gasteiger charge is -2.12. The van der Waals surface area contributed by atoms with E-state index in [9.17, 15) is 0 Å². The van der Waals surface area contributed by atoms with Crippen molar-refractivity contribution in [1.29, 1.82) is 0 Å². The second-order valence-corrected chi connectivity index (χ2v) is 5.49. The van der Waals surface area contributed by atoms with Crippen molar-refractivity contribution in [2.24, 2.45) is 0 Å². The van der Waals surface area contributed by atoms with Gasteiger partial charge >= 0.3 is 0 Å². The molecule has 0 aliphatic carbocycles. The summed E-state index contributed by atoms with van der Waals surface area (Å²) in [6, 6.07) is 14.4. The van der Waals surface area contributed by atoms with E-state index in [4.69, 9.17) is 9.47 Å². The van der Waals surface area contributed by atoms with Crippen molar-refractivity contribution < 1.29 is 9.47 Å². The second-order valence-electron chi connectivity index (χ2n) is 4.53. The van der Waals surface area contributed by atoms with Crippen molar-refractivity contribution in [2.45, 2.75) is 6.92 Å². The highest BCUT2D eigenvalue weighted by molar-refractivity contribution is 9.15. The monoisotopic (exact) mass is 332 g/mol. The van der Waals surface area contributed by atoms with Gasteiger partial charge in [-0.2, -0.15) is 0 Å². The van der Waals surface area contributed by atoms with Crippen LogP contribution < -0.4 is 4.74 Å². The predicted molar refractivity (Wildman–Crippen MR) is 87.1 cm³/mol. The first-order chi connectivity index (χ1) is 9.61. The molecule has 0 fully saturated rings. The summed E-state index contributed by atoms with van der Waals surface area (Å²) < 4.78 is 11.2. The molecule has 0 spiro atoms. The lowest BCUT2D eigenvalue weighted by Crippen LogP contribution is -1.99. The molecule has 2 aromatic rings. The van der Waals surface area contributed by atoms with Crippen LogP contribution in [0.25, 0.3) is 15.6 Å². The third kappa shape index (κ3) is 3.50. The Bertz CT molecular complexity index is 603. The van der Waals surface area contributed by atoms with E-state index in [1.54, 1.807) is 7.11 Å². The summed E-state index contributed by atoms with van der Waals surface area (Å²) >= 11 is 3.47. The normalized spacial score (nSPS) is 10.3. The zero-order chi connectivity index (χ0) is 14.5. The molecule has 20 heavy (non-hydrogen) atoms. The lowest BCUT2D eigenvalue weighted by molar-refractivity contribution is 0.0511. The quantitative estimate of drug-likeness (QED) is 0.716. The van der Waals surface area contributed by atoms with Gasteiger partial charge in [-0.05, 0) is 35.7 Å². The van der Waals surface area contributed by atoms with Crippen molar-refractivity contribution in [2.75, 3.05) is 13.9 Å². The van der Waals surface area contributed by atoms with E-state index < -0.39 is 0 Å². The van der Waals surface area contributed by atoms with Gasteiger partial charge < -0.3 is 9.47 Å². The summed E-state index contributed by atoms with van der Waals surface area (Å²) in [7, 11) is 1.60.